The Morgan fingerprint density at radius 1 is 1.44 bits per heavy atom. The van der Waals surface area contributed by atoms with Gasteiger partial charge in [-0.2, -0.15) is 0 Å². The number of nitrogens with one attached hydrogen (secondary N) is 1. The number of carbonyl (C=O) groups is 1. The van der Waals surface area contributed by atoms with E-state index in [0.29, 0.717) is 19.1 Å². The zero-order chi connectivity index (χ0) is 17.1. The van der Waals surface area contributed by atoms with Gasteiger partial charge in [-0.25, -0.2) is 0 Å². The van der Waals surface area contributed by atoms with E-state index in [4.69, 9.17) is 14.9 Å². The van der Waals surface area contributed by atoms with Gasteiger partial charge < -0.3 is 20.2 Å². The van der Waals surface area contributed by atoms with E-state index in [1.807, 2.05) is 38.1 Å². The molecule has 1 fully saturated rings. The lowest BCUT2D eigenvalue weighted by Gasteiger charge is -2.19. The van der Waals surface area contributed by atoms with E-state index in [0.717, 1.165) is 41.7 Å². The number of ether oxygens (including phenoxy) is 1. The summed E-state index contributed by atoms with van der Waals surface area (Å²) in [5, 5.41) is 4.07. The van der Waals surface area contributed by atoms with E-state index < -0.39 is 0 Å². The lowest BCUT2D eigenvalue weighted by molar-refractivity contribution is -0.126. The fourth-order valence-electron chi connectivity index (χ4n) is 3.59. The Hall–Kier alpha value is -1.72. The van der Waals surface area contributed by atoms with Gasteiger partial charge in [-0.15, -0.1) is 12.4 Å². The summed E-state index contributed by atoms with van der Waals surface area (Å²) in [4.78, 5) is 12.5. The molecule has 1 heterocycles. The Morgan fingerprint density at radius 2 is 2.24 bits per heavy atom. The average molecular weight is 367 g/mol. The highest BCUT2D eigenvalue weighted by Crippen LogP contribution is 2.33. The number of hydrogen-bond acceptors (Lipinski definition) is 4. The summed E-state index contributed by atoms with van der Waals surface area (Å²) in [5.74, 6) is 1.89. The van der Waals surface area contributed by atoms with Crippen molar-refractivity contribution in [2.45, 2.75) is 39.2 Å². The molecule has 0 spiro atoms. The fraction of sp³-hybridized carbons (Fsp3) is 0.526. The number of para-hydroxylation sites is 1. The predicted octanol–water partition coefficient (Wildman–Crippen LogP) is 3.81. The molecular formula is C19H27ClN2O3. The number of carbonyl (C=O) groups excluding carboxylic acids is 1. The molecule has 1 unspecified atom stereocenters. The van der Waals surface area contributed by atoms with Crippen molar-refractivity contribution in [3.05, 3.63) is 30.0 Å². The summed E-state index contributed by atoms with van der Waals surface area (Å²) in [6.07, 6.45) is 3.05. The van der Waals surface area contributed by atoms with Crippen molar-refractivity contribution >= 4 is 29.3 Å². The van der Waals surface area contributed by atoms with E-state index >= 15 is 0 Å². The van der Waals surface area contributed by atoms with Crippen molar-refractivity contribution in [3.8, 4) is 5.75 Å². The highest BCUT2D eigenvalue weighted by Gasteiger charge is 2.32. The zero-order valence-electron chi connectivity index (χ0n) is 14.8. The van der Waals surface area contributed by atoms with Crippen molar-refractivity contribution < 1.29 is 13.9 Å². The molecular weight excluding hydrogens is 340 g/mol. The van der Waals surface area contributed by atoms with Gasteiger partial charge in [0.2, 0.25) is 5.91 Å². The van der Waals surface area contributed by atoms with Crippen LogP contribution in [0.4, 0.5) is 0 Å². The number of halogens is 1. The summed E-state index contributed by atoms with van der Waals surface area (Å²) in [6.45, 7) is 5.06. The molecule has 1 aromatic carbocycles. The number of amides is 1. The van der Waals surface area contributed by atoms with Crippen molar-refractivity contribution in [2.75, 3.05) is 13.2 Å². The Labute approximate surface area is 154 Å². The Balaban J connectivity index is 0.00000225. The molecule has 3 atom stereocenters. The molecule has 5 nitrogen and oxygen atoms in total. The van der Waals surface area contributed by atoms with Gasteiger partial charge >= 0.3 is 0 Å². The van der Waals surface area contributed by atoms with Gasteiger partial charge in [0.1, 0.15) is 5.76 Å². The molecule has 6 heteroatoms. The maximum atomic E-state index is 12.5. The van der Waals surface area contributed by atoms with E-state index in [9.17, 15) is 4.79 Å². The first-order chi connectivity index (χ1) is 11.6. The Bertz CT molecular complexity index is 716. The first-order valence-corrected chi connectivity index (χ1v) is 8.79. The van der Waals surface area contributed by atoms with Crippen LogP contribution < -0.4 is 15.8 Å². The third-order valence-corrected chi connectivity index (χ3v) is 4.91. The van der Waals surface area contributed by atoms with Crippen molar-refractivity contribution in [1.82, 2.24) is 5.32 Å². The van der Waals surface area contributed by atoms with Gasteiger partial charge in [0.05, 0.1) is 12.6 Å². The third-order valence-electron chi connectivity index (χ3n) is 4.91. The van der Waals surface area contributed by atoms with Gasteiger partial charge in [0.25, 0.3) is 0 Å². The summed E-state index contributed by atoms with van der Waals surface area (Å²) >= 11 is 0. The summed E-state index contributed by atoms with van der Waals surface area (Å²) in [6, 6.07) is 7.62. The summed E-state index contributed by atoms with van der Waals surface area (Å²) < 4.78 is 11.6. The van der Waals surface area contributed by atoms with Crippen molar-refractivity contribution in [1.29, 1.82) is 0 Å². The smallest absolute Gasteiger partial charge is 0.224 e. The fourth-order valence-corrected chi connectivity index (χ4v) is 3.59. The predicted molar refractivity (Wildman–Crippen MR) is 101 cm³/mol. The lowest BCUT2D eigenvalue weighted by Crippen LogP contribution is -2.36. The van der Waals surface area contributed by atoms with Gasteiger partial charge in [0, 0.05) is 11.3 Å². The molecule has 1 amide bonds. The van der Waals surface area contributed by atoms with Crippen LogP contribution in [0, 0.1) is 11.8 Å². The largest absolute Gasteiger partial charge is 0.490 e. The van der Waals surface area contributed by atoms with E-state index in [2.05, 4.69) is 5.32 Å². The molecule has 1 saturated carbocycles. The molecule has 3 N–H and O–H groups in total. The first kappa shape index (κ1) is 19.6. The monoisotopic (exact) mass is 366 g/mol. The van der Waals surface area contributed by atoms with Crippen LogP contribution in [0.5, 0.6) is 5.75 Å². The summed E-state index contributed by atoms with van der Waals surface area (Å²) in [7, 11) is 0. The van der Waals surface area contributed by atoms with E-state index in [-0.39, 0.29) is 30.3 Å². The minimum atomic E-state index is -0.182. The SMILES string of the molecule is CCOc1cccc2cc(C(C)NC(=O)[C@@H]3CCC[C@@H]3CN)oc12.Cl. The third kappa shape index (κ3) is 4.10. The van der Waals surface area contributed by atoms with Gasteiger partial charge in [-0.3, -0.25) is 4.79 Å². The van der Waals surface area contributed by atoms with Crippen LogP contribution in [0.25, 0.3) is 11.0 Å². The molecule has 1 aliphatic rings. The minimum absolute atomic E-state index is 0. The van der Waals surface area contributed by atoms with Gasteiger partial charge in [0.15, 0.2) is 11.3 Å². The molecule has 0 bridgehead atoms. The minimum Gasteiger partial charge on any atom is -0.490 e. The molecule has 0 saturated heterocycles. The molecule has 1 aliphatic carbocycles. The van der Waals surface area contributed by atoms with E-state index in [1.165, 1.54) is 0 Å². The maximum absolute atomic E-state index is 12.5. The normalized spacial score (nSPS) is 20.9. The number of benzene rings is 1. The second-order valence-electron chi connectivity index (χ2n) is 6.52. The number of rotatable bonds is 6. The Morgan fingerprint density at radius 3 is 2.96 bits per heavy atom. The van der Waals surface area contributed by atoms with Crippen LogP contribution in [0.1, 0.15) is 44.9 Å². The van der Waals surface area contributed by atoms with Crippen molar-refractivity contribution in [3.63, 3.8) is 0 Å². The van der Waals surface area contributed by atoms with Gasteiger partial charge in [-0.05, 0) is 51.3 Å². The lowest BCUT2D eigenvalue weighted by atomic mass is 9.95. The number of furan rings is 1. The molecule has 1 aromatic heterocycles. The molecule has 3 rings (SSSR count). The second kappa shape index (κ2) is 8.59. The number of nitrogens with two attached hydrogens (primary N) is 1. The molecule has 0 aliphatic heterocycles. The van der Waals surface area contributed by atoms with E-state index in [1.54, 1.807) is 0 Å². The van der Waals surface area contributed by atoms with Crippen LogP contribution in [0.3, 0.4) is 0 Å². The topological polar surface area (TPSA) is 77.5 Å². The average Bonchev–Trinajstić information content (AvgIpc) is 3.22. The molecule has 138 valence electrons. The summed E-state index contributed by atoms with van der Waals surface area (Å²) in [5.41, 5.74) is 6.52. The zero-order valence-corrected chi connectivity index (χ0v) is 15.6. The highest BCUT2D eigenvalue weighted by atomic mass is 35.5. The van der Waals surface area contributed by atoms with Crippen LogP contribution in [-0.2, 0) is 4.79 Å². The molecule has 0 radical (unpaired) electrons. The van der Waals surface area contributed by atoms with Gasteiger partial charge in [-0.1, -0.05) is 18.6 Å². The van der Waals surface area contributed by atoms with Crippen molar-refractivity contribution in [2.24, 2.45) is 17.6 Å². The number of fused-ring (bicyclic) bond motifs is 1. The molecule has 25 heavy (non-hydrogen) atoms. The standard InChI is InChI=1S/C19H26N2O3.ClH/c1-3-23-16-9-5-6-13-10-17(24-18(13)16)12(2)21-19(22)15-8-4-7-14(15)11-20;/h5-6,9-10,12,14-15H,3-4,7-8,11,20H2,1-2H3,(H,21,22);1H/t12?,14-,15-;/m1./s1. The van der Waals surface area contributed by atoms with Crippen LogP contribution in [0.15, 0.2) is 28.7 Å². The van der Waals surface area contributed by atoms with Crippen LogP contribution >= 0.6 is 12.4 Å². The quantitative estimate of drug-likeness (QED) is 0.815. The second-order valence-corrected chi connectivity index (χ2v) is 6.52. The maximum Gasteiger partial charge on any atom is 0.224 e. The van der Waals surface area contributed by atoms with Crippen LogP contribution in [-0.4, -0.2) is 19.1 Å². The number of hydrogen-bond donors (Lipinski definition) is 2. The highest BCUT2D eigenvalue weighted by molar-refractivity contribution is 5.85. The first-order valence-electron chi connectivity index (χ1n) is 8.79. The molecule has 2 aromatic rings. The Kier molecular flexibility index (Phi) is 6.73. The van der Waals surface area contributed by atoms with Crippen LogP contribution in [0.2, 0.25) is 0 Å².